The van der Waals surface area contributed by atoms with Crippen LogP contribution in [-0.2, 0) is 0 Å². The molecule has 0 aliphatic rings. The van der Waals surface area contributed by atoms with Gasteiger partial charge in [0.2, 0.25) is 0 Å². The molecular formula is C12H7Br2N3S2. The van der Waals surface area contributed by atoms with Crippen molar-refractivity contribution < 1.29 is 0 Å². The van der Waals surface area contributed by atoms with Crippen LogP contribution in [0.3, 0.4) is 0 Å². The lowest BCUT2D eigenvalue weighted by molar-refractivity contribution is 1.02. The molecule has 2 aromatic heterocycles. The van der Waals surface area contributed by atoms with Crippen LogP contribution in [0, 0.1) is 4.77 Å². The average molecular weight is 417 g/mol. The summed E-state index contributed by atoms with van der Waals surface area (Å²) in [6.07, 6.45) is 0. The molecule has 0 saturated carbocycles. The summed E-state index contributed by atoms with van der Waals surface area (Å²) in [5, 5.41) is 9.21. The molecule has 0 aliphatic heterocycles. The van der Waals surface area contributed by atoms with Gasteiger partial charge in [0, 0.05) is 8.95 Å². The molecule has 0 unspecified atom stereocenters. The van der Waals surface area contributed by atoms with Gasteiger partial charge in [0.15, 0.2) is 10.6 Å². The van der Waals surface area contributed by atoms with Gasteiger partial charge in [-0.05, 0) is 67.7 Å². The Morgan fingerprint density at radius 2 is 1.89 bits per heavy atom. The van der Waals surface area contributed by atoms with E-state index in [1.54, 1.807) is 11.3 Å². The summed E-state index contributed by atoms with van der Waals surface area (Å²) in [4.78, 5) is 1.06. The van der Waals surface area contributed by atoms with Gasteiger partial charge in [0.05, 0.1) is 10.6 Å². The number of hydrogen-bond acceptors (Lipinski definition) is 3. The molecule has 0 atom stereocenters. The molecule has 1 N–H and O–H groups in total. The average Bonchev–Trinajstić information content (AvgIpc) is 2.99. The highest BCUT2D eigenvalue weighted by Crippen LogP contribution is 2.33. The zero-order chi connectivity index (χ0) is 13.4. The van der Waals surface area contributed by atoms with Crippen molar-refractivity contribution in [2.75, 3.05) is 0 Å². The molecule has 0 bridgehead atoms. The van der Waals surface area contributed by atoms with Crippen molar-refractivity contribution in [1.82, 2.24) is 14.8 Å². The van der Waals surface area contributed by atoms with Crippen LogP contribution in [0.4, 0.5) is 0 Å². The smallest absolute Gasteiger partial charge is 0.200 e. The van der Waals surface area contributed by atoms with Gasteiger partial charge in [-0.1, -0.05) is 12.1 Å². The maximum absolute atomic E-state index is 5.36. The molecule has 7 heteroatoms. The minimum absolute atomic E-state index is 0.566. The van der Waals surface area contributed by atoms with Crippen molar-refractivity contribution in [2.45, 2.75) is 0 Å². The van der Waals surface area contributed by atoms with E-state index in [-0.39, 0.29) is 0 Å². The molecule has 96 valence electrons. The highest BCUT2D eigenvalue weighted by molar-refractivity contribution is 9.11. The first kappa shape index (κ1) is 13.2. The minimum atomic E-state index is 0.566. The van der Waals surface area contributed by atoms with Crippen molar-refractivity contribution >= 4 is 55.4 Å². The van der Waals surface area contributed by atoms with E-state index in [4.69, 9.17) is 12.2 Å². The van der Waals surface area contributed by atoms with Gasteiger partial charge in [-0.2, -0.15) is 5.10 Å². The van der Waals surface area contributed by atoms with E-state index in [2.05, 4.69) is 42.1 Å². The Hall–Kier alpha value is -0.760. The third-order valence-corrected chi connectivity index (χ3v) is 4.99. The Labute approximate surface area is 135 Å². The highest BCUT2D eigenvalue weighted by Gasteiger charge is 2.15. The van der Waals surface area contributed by atoms with E-state index < -0.39 is 0 Å². The number of aromatic nitrogens is 3. The first-order valence-corrected chi connectivity index (χ1v) is 8.21. The first-order valence-electron chi connectivity index (χ1n) is 5.34. The molecule has 2 heterocycles. The monoisotopic (exact) mass is 415 g/mol. The fraction of sp³-hybridized carbons (Fsp3) is 0. The normalized spacial score (nSPS) is 10.8. The van der Waals surface area contributed by atoms with Crippen LogP contribution in [0.5, 0.6) is 0 Å². The molecule has 1 aromatic carbocycles. The predicted molar refractivity (Wildman–Crippen MR) is 87.5 cm³/mol. The van der Waals surface area contributed by atoms with Gasteiger partial charge in [0.1, 0.15) is 0 Å². The molecule has 0 radical (unpaired) electrons. The van der Waals surface area contributed by atoms with Crippen molar-refractivity contribution in [3.05, 3.63) is 49.4 Å². The summed E-state index contributed by atoms with van der Waals surface area (Å²) in [5.41, 5.74) is 0.949. The molecule has 0 amide bonds. The largest absolute Gasteiger partial charge is 0.265 e. The van der Waals surface area contributed by atoms with Gasteiger partial charge in [0.25, 0.3) is 0 Å². The molecule has 0 aliphatic carbocycles. The van der Waals surface area contributed by atoms with Crippen LogP contribution in [0.2, 0.25) is 0 Å². The lowest BCUT2D eigenvalue weighted by atomic mass is 10.3. The van der Waals surface area contributed by atoms with Crippen molar-refractivity contribution in [1.29, 1.82) is 0 Å². The zero-order valence-corrected chi connectivity index (χ0v) is 14.2. The van der Waals surface area contributed by atoms with Gasteiger partial charge in [-0.3, -0.25) is 9.67 Å². The van der Waals surface area contributed by atoms with Gasteiger partial charge in [-0.25, -0.2) is 0 Å². The second kappa shape index (κ2) is 5.32. The summed E-state index contributed by atoms with van der Waals surface area (Å²) in [6.45, 7) is 0. The first-order chi connectivity index (χ1) is 9.18. The Morgan fingerprint density at radius 3 is 2.53 bits per heavy atom. The molecule has 3 nitrogen and oxygen atoms in total. The van der Waals surface area contributed by atoms with Crippen LogP contribution in [-0.4, -0.2) is 14.8 Å². The van der Waals surface area contributed by atoms with E-state index in [9.17, 15) is 0 Å². The lowest BCUT2D eigenvalue weighted by Gasteiger charge is -2.10. The number of H-pyrrole nitrogens is 1. The van der Waals surface area contributed by atoms with Crippen LogP contribution in [0.25, 0.3) is 16.4 Å². The minimum Gasteiger partial charge on any atom is -0.265 e. The highest BCUT2D eigenvalue weighted by atomic mass is 79.9. The lowest BCUT2D eigenvalue weighted by Crippen LogP contribution is -1.99. The second-order valence-electron chi connectivity index (χ2n) is 3.74. The third kappa shape index (κ3) is 2.35. The maximum Gasteiger partial charge on any atom is 0.200 e. The third-order valence-electron chi connectivity index (χ3n) is 2.58. The number of halogens is 2. The van der Waals surface area contributed by atoms with Crippen LogP contribution in [0.15, 0.2) is 44.7 Å². The molecule has 0 spiro atoms. The van der Waals surface area contributed by atoms with Crippen molar-refractivity contribution in [3.63, 3.8) is 0 Å². The summed E-state index contributed by atoms with van der Waals surface area (Å²) in [5.74, 6) is 0.813. The standard InChI is InChI=1S/C12H7Br2N3S2/c13-7-3-1-4-8(14)10(7)17-11(15-16-12(17)18)9-5-2-6-19-9/h1-6H,(H,16,18). The van der Waals surface area contributed by atoms with Crippen LogP contribution in [0.1, 0.15) is 0 Å². The zero-order valence-electron chi connectivity index (χ0n) is 9.43. The molecule has 19 heavy (non-hydrogen) atoms. The second-order valence-corrected chi connectivity index (χ2v) is 6.78. The number of nitrogens with one attached hydrogen (secondary N) is 1. The van der Waals surface area contributed by atoms with Gasteiger partial charge in [-0.15, -0.1) is 11.3 Å². The predicted octanol–water partition coefficient (Wildman–Crippen LogP) is 5.18. The number of aromatic amines is 1. The van der Waals surface area contributed by atoms with E-state index in [0.717, 1.165) is 25.3 Å². The number of benzene rings is 1. The summed E-state index contributed by atoms with van der Waals surface area (Å²) in [7, 11) is 0. The maximum atomic E-state index is 5.36. The number of para-hydroxylation sites is 1. The molecule has 0 fully saturated rings. The summed E-state index contributed by atoms with van der Waals surface area (Å²) in [6, 6.07) is 9.94. The van der Waals surface area contributed by atoms with Crippen LogP contribution < -0.4 is 0 Å². The van der Waals surface area contributed by atoms with Gasteiger partial charge < -0.3 is 0 Å². The SMILES string of the molecule is S=c1[nH]nc(-c2cccs2)n1-c1c(Br)cccc1Br. The van der Waals surface area contributed by atoms with E-state index in [0.29, 0.717) is 4.77 Å². The van der Waals surface area contributed by atoms with Gasteiger partial charge >= 0.3 is 0 Å². The number of hydrogen-bond donors (Lipinski definition) is 1. The Morgan fingerprint density at radius 1 is 1.16 bits per heavy atom. The van der Waals surface area contributed by atoms with Crippen molar-refractivity contribution in [2.24, 2.45) is 0 Å². The number of thiophene rings is 1. The summed E-state index contributed by atoms with van der Waals surface area (Å²) >= 11 is 14.1. The molecule has 3 rings (SSSR count). The van der Waals surface area contributed by atoms with E-state index in [1.807, 2.05) is 40.3 Å². The van der Waals surface area contributed by atoms with E-state index in [1.165, 1.54) is 0 Å². The number of rotatable bonds is 2. The molecule has 3 aromatic rings. The number of nitrogens with zero attached hydrogens (tertiary/aromatic N) is 2. The van der Waals surface area contributed by atoms with Crippen molar-refractivity contribution in [3.8, 4) is 16.4 Å². The summed E-state index contributed by atoms with van der Waals surface area (Å²) < 4.78 is 4.40. The Kier molecular flexibility index (Phi) is 3.70. The Balaban J connectivity index is 2.32. The molecule has 0 saturated heterocycles. The fourth-order valence-corrected chi connectivity index (χ4v) is 4.06. The Bertz CT molecular complexity index is 754. The van der Waals surface area contributed by atoms with E-state index >= 15 is 0 Å². The van der Waals surface area contributed by atoms with Crippen LogP contribution >= 0.6 is 55.4 Å². The molecular weight excluding hydrogens is 410 g/mol. The fourth-order valence-electron chi connectivity index (χ4n) is 1.78. The quantitative estimate of drug-likeness (QED) is 0.583. The topological polar surface area (TPSA) is 33.6 Å².